The molecule has 2 aromatic rings. The lowest BCUT2D eigenvalue weighted by molar-refractivity contribution is 0.601. The van der Waals surface area contributed by atoms with Crippen LogP contribution in [0.3, 0.4) is 0 Å². The third-order valence-corrected chi connectivity index (χ3v) is 5.21. The zero-order valence-electron chi connectivity index (χ0n) is 12.3. The molecule has 0 aliphatic heterocycles. The number of benzene rings is 2. The van der Waals surface area contributed by atoms with E-state index in [1.165, 1.54) is 0 Å². The largest absolute Gasteiger partial charge is 0.279 e. The molecule has 0 bridgehead atoms. The second-order valence-electron chi connectivity index (χ2n) is 4.77. The summed E-state index contributed by atoms with van der Waals surface area (Å²) in [7, 11) is -3.61. The van der Waals surface area contributed by atoms with Gasteiger partial charge in [0.05, 0.1) is 10.6 Å². The first-order valence-corrected chi connectivity index (χ1v) is 9.04. The van der Waals surface area contributed by atoms with Gasteiger partial charge in [0.15, 0.2) is 0 Å². The van der Waals surface area contributed by atoms with Crippen molar-refractivity contribution in [2.45, 2.75) is 30.1 Å². The minimum Gasteiger partial charge on any atom is -0.279 e. The highest BCUT2D eigenvalue weighted by atomic mass is 32.2. The number of hydrogen-bond acceptors (Lipinski definition) is 4. The van der Waals surface area contributed by atoms with E-state index < -0.39 is 10.0 Å². The van der Waals surface area contributed by atoms with Crippen LogP contribution < -0.4 is 4.72 Å². The van der Waals surface area contributed by atoms with E-state index in [1.54, 1.807) is 37.3 Å². The molecule has 4 nitrogen and oxygen atoms in total. The lowest BCUT2D eigenvalue weighted by Crippen LogP contribution is -2.13. The number of rotatable bonds is 5. The molecule has 0 radical (unpaired) electrons. The Morgan fingerprint density at radius 2 is 1.86 bits per heavy atom. The van der Waals surface area contributed by atoms with Gasteiger partial charge in [-0.2, -0.15) is 5.26 Å². The first-order valence-electron chi connectivity index (χ1n) is 6.74. The van der Waals surface area contributed by atoms with Gasteiger partial charge < -0.3 is 0 Å². The van der Waals surface area contributed by atoms with Gasteiger partial charge in [-0.3, -0.25) is 4.72 Å². The van der Waals surface area contributed by atoms with E-state index in [4.69, 9.17) is 5.26 Å². The third kappa shape index (κ3) is 3.81. The van der Waals surface area contributed by atoms with Crippen molar-refractivity contribution in [1.29, 1.82) is 5.26 Å². The number of nitrogens with one attached hydrogen (secondary N) is 1. The predicted molar refractivity (Wildman–Crippen MR) is 89.3 cm³/mol. The maximum absolute atomic E-state index is 12.4. The van der Waals surface area contributed by atoms with Crippen LogP contribution in [-0.4, -0.2) is 8.42 Å². The van der Waals surface area contributed by atoms with Crippen molar-refractivity contribution in [1.82, 2.24) is 0 Å². The summed E-state index contributed by atoms with van der Waals surface area (Å²) in [5.74, 6) is 0. The molecular formula is C16H16N2O2S2. The van der Waals surface area contributed by atoms with Gasteiger partial charge in [0.1, 0.15) is 5.40 Å². The van der Waals surface area contributed by atoms with Crippen LogP contribution in [0.2, 0.25) is 0 Å². The van der Waals surface area contributed by atoms with E-state index in [1.807, 2.05) is 24.5 Å². The first kappa shape index (κ1) is 16.4. The van der Waals surface area contributed by atoms with Gasteiger partial charge in [-0.1, -0.05) is 19.1 Å². The molecule has 22 heavy (non-hydrogen) atoms. The first-order chi connectivity index (χ1) is 10.5. The molecule has 114 valence electrons. The molecule has 0 unspecified atom stereocenters. The zero-order chi connectivity index (χ0) is 16.2. The number of thioether (sulfide) groups is 1. The van der Waals surface area contributed by atoms with Gasteiger partial charge in [-0.15, -0.1) is 0 Å². The van der Waals surface area contributed by atoms with Crippen molar-refractivity contribution in [3.8, 4) is 5.40 Å². The molecule has 0 amide bonds. The normalized spacial score (nSPS) is 11.0. The SMILES string of the molecule is CCc1ccc(S(=O)(=O)Nc2ccc(SC#N)cc2C)cc1. The molecule has 0 saturated carbocycles. The molecule has 0 fully saturated rings. The van der Waals surface area contributed by atoms with Gasteiger partial charge in [-0.25, -0.2) is 8.42 Å². The molecule has 0 aliphatic rings. The smallest absolute Gasteiger partial charge is 0.261 e. The Labute approximate surface area is 135 Å². The molecule has 1 N–H and O–H groups in total. The second kappa shape index (κ2) is 6.86. The van der Waals surface area contributed by atoms with E-state index in [-0.39, 0.29) is 4.90 Å². The Morgan fingerprint density at radius 3 is 2.41 bits per heavy atom. The Morgan fingerprint density at radius 1 is 1.18 bits per heavy atom. The fourth-order valence-corrected chi connectivity index (χ4v) is 3.58. The van der Waals surface area contributed by atoms with Crippen molar-refractivity contribution in [3.05, 3.63) is 53.6 Å². The van der Waals surface area contributed by atoms with Crippen LogP contribution in [0.1, 0.15) is 18.1 Å². The van der Waals surface area contributed by atoms with Crippen LogP contribution in [0.4, 0.5) is 5.69 Å². The third-order valence-electron chi connectivity index (χ3n) is 3.25. The summed E-state index contributed by atoms with van der Waals surface area (Å²) in [6, 6.07) is 12.0. The average Bonchev–Trinajstić information content (AvgIpc) is 2.50. The van der Waals surface area contributed by atoms with Crippen LogP contribution in [0, 0.1) is 17.6 Å². The summed E-state index contributed by atoms with van der Waals surface area (Å²) in [6.07, 6.45) is 0.866. The number of anilines is 1. The van der Waals surface area contributed by atoms with Gasteiger partial charge >= 0.3 is 0 Å². The highest BCUT2D eigenvalue weighted by Gasteiger charge is 2.15. The zero-order valence-corrected chi connectivity index (χ0v) is 14.0. The minimum atomic E-state index is -3.61. The molecule has 2 rings (SSSR count). The number of nitrogens with zero attached hydrogens (tertiary/aromatic N) is 1. The Balaban J connectivity index is 2.26. The number of thiocyanates is 1. The monoisotopic (exact) mass is 332 g/mol. The van der Waals surface area contributed by atoms with Gasteiger partial charge in [0.25, 0.3) is 10.0 Å². The van der Waals surface area contributed by atoms with Crippen molar-refractivity contribution in [2.24, 2.45) is 0 Å². The highest BCUT2D eigenvalue weighted by molar-refractivity contribution is 8.03. The molecule has 6 heteroatoms. The van der Waals surface area contributed by atoms with E-state index in [9.17, 15) is 8.42 Å². The summed E-state index contributed by atoms with van der Waals surface area (Å²) in [5, 5.41) is 10.7. The maximum atomic E-state index is 12.4. The number of hydrogen-bond donors (Lipinski definition) is 1. The highest BCUT2D eigenvalue weighted by Crippen LogP contribution is 2.25. The summed E-state index contributed by atoms with van der Waals surface area (Å²) >= 11 is 1.04. The minimum absolute atomic E-state index is 0.236. The van der Waals surface area contributed by atoms with E-state index >= 15 is 0 Å². The molecule has 0 saturated heterocycles. The van der Waals surface area contributed by atoms with Gasteiger partial charge in [0, 0.05) is 4.90 Å². The lowest BCUT2D eigenvalue weighted by Gasteiger charge is -2.11. The Bertz CT molecular complexity index is 807. The van der Waals surface area contributed by atoms with Gasteiger partial charge in [0.2, 0.25) is 0 Å². The fraction of sp³-hybridized carbons (Fsp3) is 0.188. The van der Waals surface area contributed by atoms with Crippen molar-refractivity contribution in [3.63, 3.8) is 0 Å². The molecule has 0 spiro atoms. The van der Waals surface area contributed by atoms with Crippen molar-refractivity contribution < 1.29 is 8.42 Å². The van der Waals surface area contributed by atoms with Crippen LogP contribution in [-0.2, 0) is 16.4 Å². The van der Waals surface area contributed by atoms with Crippen LogP contribution in [0.25, 0.3) is 0 Å². The van der Waals surface area contributed by atoms with E-state index in [0.717, 1.165) is 34.2 Å². The molecular weight excluding hydrogens is 316 g/mol. The summed E-state index contributed by atoms with van der Waals surface area (Å²) < 4.78 is 27.4. The van der Waals surface area contributed by atoms with E-state index in [0.29, 0.717) is 5.69 Å². The molecule has 0 aromatic heterocycles. The Hall–Kier alpha value is -1.97. The number of nitriles is 1. The molecule has 2 aromatic carbocycles. The average molecular weight is 332 g/mol. The Kier molecular flexibility index (Phi) is 5.11. The standard InChI is InChI=1S/C16H16N2O2S2/c1-3-13-4-7-15(8-5-13)22(19,20)18-16-9-6-14(21-11-17)10-12(16)2/h4-10,18H,3H2,1-2H3. The molecule has 0 atom stereocenters. The molecule has 0 aliphatic carbocycles. The summed E-state index contributed by atoms with van der Waals surface area (Å²) in [6.45, 7) is 3.82. The van der Waals surface area contributed by atoms with E-state index in [2.05, 4.69) is 4.72 Å². The quantitative estimate of drug-likeness (QED) is 0.665. The topological polar surface area (TPSA) is 70.0 Å². The van der Waals surface area contributed by atoms with Crippen molar-refractivity contribution in [2.75, 3.05) is 4.72 Å². The maximum Gasteiger partial charge on any atom is 0.261 e. The molecule has 0 heterocycles. The lowest BCUT2D eigenvalue weighted by atomic mass is 10.2. The summed E-state index contributed by atoms with van der Waals surface area (Å²) in [4.78, 5) is 1.02. The number of aryl methyl sites for hydroxylation is 2. The predicted octanol–water partition coefficient (Wildman–Crippen LogP) is 3.93. The van der Waals surface area contributed by atoms with Crippen LogP contribution >= 0.6 is 11.8 Å². The number of sulfonamides is 1. The van der Waals surface area contributed by atoms with Crippen LogP contribution in [0.15, 0.2) is 52.3 Å². The van der Waals surface area contributed by atoms with Crippen LogP contribution in [0.5, 0.6) is 0 Å². The van der Waals surface area contributed by atoms with Crippen molar-refractivity contribution >= 4 is 27.5 Å². The fourth-order valence-electron chi connectivity index (χ4n) is 1.97. The second-order valence-corrected chi connectivity index (χ2v) is 7.31. The van der Waals surface area contributed by atoms with Gasteiger partial charge in [-0.05, 0) is 66.6 Å². The summed E-state index contributed by atoms with van der Waals surface area (Å²) in [5.41, 5.74) is 2.38.